The van der Waals surface area contributed by atoms with E-state index in [1.165, 1.54) is 4.90 Å². The Balaban J connectivity index is 2.36. The van der Waals surface area contributed by atoms with Crippen molar-refractivity contribution >= 4 is 23.5 Å². The highest BCUT2D eigenvalue weighted by molar-refractivity contribution is 7.99. The average Bonchev–Trinajstić information content (AvgIpc) is 2.41. The second kappa shape index (κ2) is 4.13. The van der Waals surface area contributed by atoms with Gasteiger partial charge in [-0.25, -0.2) is 4.79 Å². The number of phenols is 1. The molecule has 0 radical (unpaired) electrons. The lowest BCUT2D eigenvalue weighted by atomic mass is 10.2. The molecule has 0 saturated heterocycles. The highest BCUT2D eigenvalue weighted by atomic mass is 32.2. The van der Waals surface area contributed by atoms with Crippen LogP contribution in [0.2, 0.25) is 0 Å². The number of hydrogen-bond acceptors (Lipinski definition) is 4. The van der Waals surface area contributed by atoms with Crippen LogP contribution in [0.3, 0.4) is 0 Å². The minimum absolute atomic E-state index is 0.00610. The third-order valence-electron chi connectivity index (χ3n) is 2.46. The summed E-state index contributed by atoms with van der Waals surface area (Å²) in [6.07, 6.45) is -0.940. The van der Waals surface area contributed by atoms with Crippen LogP contribution in [-0.2, 0) is 6.54 Å². The molecule has 5 nitrogen and oxygen atoms in total. The maximum atomic E-state index is 10.9. The van der Waals surface area contributed by atoms with Gasteiger partial charge in [-0.2, -0.15) is 0 Å². The minimum Gasteiger partial charge on any atom is -0.506 e. The quantitative estimate of drug-likeness (QED) is 0.473. The fraction of sp³-hybridized carbons (Fsp3) is 0.300. The molecule has 1 aliphatic heterocycles. The number of aromatic hydroxyl groups is 1. The molecule has 4 N–H and O–H groups in total. The van der Waals surface area contributed by atoms with E-state index in [1.54, 1.807) is 23.9 Å². The van der Waals surface area contributed by atoms with Gasteiger partial charge in [0.05, 0.1) is 12.2 Å². The number of fused-ring (bicyclic) bond motifs is 1. The predicted molar refractivity (Wildman–Crippen MR) is 61.7 cm³/mol. The fourth-order valence-electron chi connectivity index (χ4n) is 1.60. The van der Waals surface area contributed by atoms with Gasteiger partial charge in [0.25, 0.3) is 0 Å². The average molecular weight is 240 g/mol. The van der Waals surface area contributed by atoms with Crippen LogP contribution in [-0.4, -0.2) is 33.5 Å². The molecule has 1 aliphatic rings. The number of anilines is 1. The van der Waals surface area contributed by atoms with E-state index in [4.69, 9.17) is 10.8 Å². The lowest BCUT2D eigenvalue weighted by Crippen LogP contribution is -2.29. The van der Waals surface area contributed by atoms with Gasteiger partial charge in [-0.3, -0.25) is 0 Å². The molecule has 1 heterocycles. The van der Waals surface area contributed by atoms with Crippen molar-refractivity contribution in [3.8, 4) is 5.75 Å². The number of carboxylic acid groups (broad SMARTS) is 1. The van der Waals surface area contributed by atoms with Gasteiger partial charge in [0.1, 0.15) is 5.75 Å². The van der Waals surface area contributed by atoms with E-state index < -0.39 is 6.09 Å². The first-order chi connectivity index (χ1) is 7.58. The Labute approximate surface area is 96.9 Å². The lowest BCUT2D eigenvalue weighted by Gasteiger charge is -2.16. The molecular weight excluding hydrogens is 228 g/mol. The highest BCUT2D eigenvalue weighted by Gasteiger charge is 2.19. The van der Waals surface area contributed by atoms with Gasteiger partial charge in [0.15, 0.2) is 0 Å². The molecule has 86 valence electrons. The van der Waals surface area contributed by atoms with Crippen molar-refractivity contribution < 1.29 is 15.0 Å². The van der Waals surface area contributed by atoms with Crippen LogP contribution in [0.4, 0.5) is 10.5 Å². The summed E-state index contributed by atoms with van der Waals surface area (Å²) in [4.78, 5) is 13.2. The van der Waals surface area contributed by atoms with E-state index in [1.807, 2.05) is 0 Å². The lowest BCUT2D eigenvalue weighted by molar-refractivity contribution is 0.145. The van der Waals surface area contributed by atoms with Crippen molar-refractivity contribution in [3.05, 3.63) is 17.7 Å². The zero-order valence-corrected chi connectivity index (χ0v) is 9.33. The number of hydrogen-bond donors (Lipinski definition) is 3. The second-order valence-corrected chi connectivity index (χ2v) is 4.71. The first-order valence-corrected chi connectivity index (χ1v) is 5.78. The van der Waals surface area contributed by atoms with Crippen molar-refractivity contribution in [2.24, 2.45) is 0 Å². The Kier molecular flexibility index (Phi) is 2.82. The van der Waals surface area contributed by atoms with Crippen LogP contribution in [0.5, 0.6) is 5.75 Å². The van der Waals surface area contributed by atoms with Crippen molar-refractivity contribution in [2.45, 2.75) is 11.4 Å². The highest BCUT2D eigenvalue weighted by Crippen LogP contribution is 2.33. The fourth-order valence-corrected chi connectivity index (χ4v) is 2.65. The van der Waals surface area contributed by atoms with Crippen molar-refractivity contribution in [3.63, 3.8) is 0 Å². The number of nitrogen functional groups attached to an aromatic ring is 1. The molecule has 0 aromatic heterocycles. The first-order valence-electron chi connectivity index (χ1n) is 4.80. The van der Waals surface area contributed by atoms with Crippen LogP contribution >= 0.6 is 11.8 Å². The standard InChI is InChI=1S/C10H12N2O3S/c11-7-4-9-6(3-8(7)13)5-12(10(14)15)1-2-16-9/h3-4,13H,1-2,5,11H2,(H,14,15). The Morgan fingerprint density at radius 1 is 1.50 bits per heavy atom. The third-order valence-corrected chi connectivity index (χ3v) is 3.54. The molecule has 16 heavy (non-hydrogen) atoms. The molecule has 0 aliphatic carbocycles. The summed E-state index contributed by atoms with van der Waals surface area (Å²) >= 11 is 1.56. The smallest absolute Gasteiger partial charge is 0.407 e. The summed E-state index contributed by atoms with van der Waals surface area (Å²) in [5.41, 5.74) is 6.73. The summed E-state index contributed by atoms with van der Waals surface area (Å²) in [5, 5.41) is 18.4. The summed E-state index contributed by atoms with van der Waals surface area (Å²) in [6.45, 7) is 0.779. The maximum absolute atomic E-state index is 10.9. The van der Waals surface area contributed by atoms with E-state index in [2.05, 4.69) is 0 Å². The molecule has 2 rings (SSSR count). The summed E-state index contributed by atoms with van der Waals surface area (Å²) < 4.78 is 0. The molecule has 0 bridgehead atoms. The Morgan fingerprint density at radius 3 is 2.94 bits per heavy atom. The number of rotatable bonds is 0. The number of thioether (sulfide) groups is 1. The molecule has 0 atom stereocenters. The normalized spacial score (nSPS) is 15.4. The van der Waals surface area contributed by atoms with Crippen LogP contribution in [0, 0.1) is 0 Å². The summed E-state index contributed by atoms with van der Waals surface area (Å²) in [6, 6.07) is 3.24. The number of carbonyl (C=O) groups is 1. The van der Waals surface area contributed by atoms with Gasteiger partial charge < -0.3 is 20.8 Å². The molecule has 1 aromatic rings. The summed E-state index contributed by atoms with van der Waals surface area (Å²) in [5.74, 6) is 0.704. The van der Waals surface area contributed by atoms with E-state index in [9.17, 15) is 9.90 Å². The van der Waals surface area contributed by atoms with Crippen LogP contribution in [0.15, 0.2) is 17.0 Å². The largest absolute Gasteiger partial charge is 0.506 e. The van der Waals surface area contributed by atoms with E-state index in [0.717, 1.165) is 10.5 Å². The van der Waals surface area contributed by atoms with Gasteiger partial charge in [0.2, 0.25) is 0 Å². The molecule has 1 aromatic carbocycles. The van der Waals surface area contributed by atoms with Gasteiger partial charge in [-0.15, -0.1) is 11.8 Å². The van der Waals surface area contributed by atoms with Gasteiger partial charge in [-0.1, -0.05) is 0 Å². The number of amides is 1. The molecular formula is C10H12N2O3S. The molecule has 6 heteroatoms. The van der Waals surface area contributed by atoms with Crippen LogP contribution in [0.1, 0.15) is 5.56 Å². The van der Waals surface area contributed by atoms with Gasteiger partial charge in [0, 0.05) is 17.2 Å². The molecule has 0 fully saturated rings. The zero-order chi connectivity index (χ0) is 11.7. The van der Waals surface area contributed by atoms with Crippen molar-refractivity contribution in [1.29, 1.82) is 0 Å². The van der Waals surface area contributed by atoms with Crippen molar-refractivity contribution in [2.75, 3.05) is 18.0 Å². The zero-order valence-electron chi connectivity index (χ0n) is 8.51. The second-order valence-electron chi connectivity index (χ2n) is 3.57. The van der Waals surface area contributed by atoms with Crippen LogP contribution in [0.25, 0.3) is 0 Å². The third kappa shape index (κ3) is 2.01. The maximum Gasteiger partial charge on any atom is 0.407 e. The summed E-state index contributed by atoms with van der Waals surface area (Å²) in [7, 11) is 0. The van der Waals surface area contributed by atoms with E-state index in [-0.39, 0.29) is 5.75 Å². The molecule has 0 unspecified atom stereocenters. The Hall–Kier alpha value is -1.56. The number of nitrogens with zero attached hydrogens (tertiary/aromatic N) is 1. The van der Waals surface area contributed by atoms with E-state index in [0.29, 0.717) is 24.5 Å². The topological polar surface area (TPSA) is 86.8 Å². The number of phenolic OH excluding ortho intramolecular Hbond substituents is 1. The SMILES string of the molecule is Nc1cc2c(cc1O)CN(C(=O)O)CCS2. The molecule has 1 amide bonds. The number of nitrogens with two attached hydrogens (primary N) is 1. The van der Waals surface area contributed by atoms with Gasteiger partial charge in [-0.05, 0) is 17.7 Å². The van der Waals surface area contributed by atoms with Gasteiger partial charge >= 0.3 is 6.09 Å². The number of benzene rings is 1. The van der Waals surface area contributed by atoms with E-state index >= 15 is 0 Å². The van der Waals surface area contributed by atoms with Crippen LogP contribution < -0.4 is 5.73 Å². The monoisotopic (exact) mass is 240 g/mol. The Morgan fingerprint density at radius 2 is 2.25 bits per heavy atom. The molecule has 0 spiro atoms. The predicted octanol–water partition coefficient (Wildman–Crippen LogP) is 1.56. The minimum atomic E-state index is -0.940. The van der Waals surface area contributed by atoms with Crippen molar-refractivity contribution in [1.82, 2.24) is 4.90 Å². The molecule has 0 saturated carbocycles. The first kappa shape index (κ1) is 10.9. The Bertz CT molecular complexity index is 436.